The molecular formula is C12H14F2N2O3S. The molecule has 0 bridgehead atoms. The summed E-state index contributed by atoms with van der Waals surface area (Å²) in [6.07, 6.45) is -3.01. The number of hydrogen-bond donors (Lipinski definition) is 3. The minimum Gasteiger partial charge on any atom is -0.385 e. The third kappa shape index (κ3) is 3.97. The molecule has 3 N–H and O–H groups in total. The van der Waals surface area contributed by atoms with Gasteiger partial charge in [0.15, 0.2) is 0 Å². The van der Waals surface area contributed by atoms with E-state index in [4.69, 9.17) is 5.11 Å². The fourth-order valence-corrected chi connectivity index (χ4v) is 2.30. The summed E-state index contributed by atoms with van der Waals surface area (Å²) < 4.78 is 24.1. The van der Waals surface area contributed by atoms with Crippen LogP contribution in [0.15, 0.2) is 12.1 Å². The van der Waals surface area contributed by atoms with Crippen molar-refractivity contribution in [2.75, 3.05) is 11.9 Å². The molecule has 8 heteroatoms. The summed E-state index contributed by atoms with van der Waals surface area (Å²) in [5, 5.41) is 14.3. The average Bonchev–Trinajstić information content (AvgIpc) is 3.16. The Morgan fingerprint density at radius 1 is 1.40 bits per heavy atom. The van der Waals surface area contributed by atoms with Gasteiger partial charge in [-0.15, -0.1) is 11.3 Å². The molecule has 2 amide bonds. The quantitative estimate of drug-likeness (QED) is 0.744. The first-order chi connectivity index (χ1) is 9.47. The first-order valence-corrected chi connectivity index (χ1v) is 6.94. The molecule has 1 unspecified atom stereocenters. The number of rotatable bonds is 6. The van der Waals surface area contributed by atoms with Gasteiger partial charge >= 0.3 is 0 Å². The molecule has 1 atom stereocenters. The summed E-state index contributed by atoms with van der Waals surface area (Å²) in [5.41, 5.74) is 0. The number of aliphatic hydroxyl groups excluding tert-OH is 1. The molecule has 110 valence electrons. The zero-order valence-corrected chi connectivity index (χ0v) is 11.3. The lowest BCUT2D eigenvalue weighted by atomic mass is 10.3. The maximum Gasteiger partial charge on any atom is 0.265 e. The van der Waals surface area contributed by atoms with Gasteiger partial charge in [0.05, 0.1) is 9.88 Å². The molecule has 1 aromatic heterocycles. The third-order valence-electron chi connectivity index (χ3n) is 2.79. The third-order valence-corrected chi connectivity index (χ3v) is 3.79. The summed E-state index contributed by atoms with van der Waals surface area (Å²) in [4.78, 5) is 23.5. The van der Waals surface area contributed by atoms with Crippen LogP contribution in [-0.2, 0) is 4.79 Å². The lowest BCUT2D eigenvalue weighted by molar-refractivity contribution is -0.117. The van der Waals surface area contributed by atoms with Gasteiger partial charge in [-0.05, 0) is 25.0 Å². The lowest BCUT2D eigenvalue weighted by Crippen LogP contribution is -2.35. The van der Waals surface area contributed by atoms with Crippen LogP contribution in [0.3, 0.4) is 0 Å². The van der Waals surface area contributed by atoms with E-state index in [9.17, 15) is 18.4 Å². The molecule has 1 fully saturated rings. The molecule has 0 aliphatic heterocycles. The molecule has 0 radical (unpaired) electrons. The molecule has 5 nitrogen and oxygen atoms in total. The number of aliphatic hydroxyl groups is 1. The van der Waals surface area contributed by atoms with Crippen molar-refractivity contribution in [3.05, 3.63) is 17.0 Å². The molecule has 1 heterocycles. The Balaban J connectivity index is 1.84. The van der Waals surface area contributed by atoms with Gasteiger partial charge in [-0.2, -0.15) is 0 Å². The topological polar surface area (TPSA) is 78.4 Å². The number of anilines is 1. The Morgan fingerprint density at radius 2 is 2.10 bits per heavy atom. The number of thiophene rings is 1. The molecule has 1 aliphatic rings. The zero-order chi connectivity index (χ0) is 14.7. The molecule has 20 heavy (non-hydrogen) atoms. The number of nitrogens with one attached hydrogen (secondary N) is 2. The Kier molecular flexibility index (Phi) is 4.66. The monoisotopic (exact) mass is 304 g/mol. The van der Waals surface area contributed by atoms with Crippen LogP contribution >= 0.6 is 11.3 Å². The smallest absolute Gasteiger partial charge is 0.265 e. The fourth-order valence-electron chi connectivity index (χ4n) is 1.47. The highest BCUT2D eigenvalue weighted by molar-refractivity contribution is 7.18. The number of alkyl halides is 2. The molecular weight excluding hydrogens is 290 g/mol. The summed E-state index contributed by atoms with van der Waals surface area (Å²) in [6, 6.07) is 3.08. The second kappa shape index (κ2) is 6.27. The van der Waals surface area contributed by atoms with Crippen LogP contribution in [0.1, 0.15) is 22.5 Å². The molecule has 0 saturated heterocycles. The molecule has 1 aromatic rings. The highest BCUT2D eigenvalue weighted by atomic mass is 32.1. The van der Waals surface area contributed by atoms with Crippen molar-refractivity contribution in [1.29, 1.82) is 0 Å². The normalized spacial score (nSPS) is 16.0. The lowest BCUT2D eigenvalue weighted by Gasteiger charge is -2.09. The van der Waals surface area contributed by atoms with E-state index >= 15 is 0 Å². The summed E-state index contributed by atoms with van der Waals surface area (Å²) in [5.74, 6) is -0.552. The predicted molar refractivity (Wildman–Crippen MR) is 70.0 cm³/mol. The van der Waals surface area contributed by atoms with E-state index in [0.717, 1.165) is 24.2 Å². The van der Waals surface area contributed by atoms with E-state index in [1.165, 1.54) is 6.07 Å². The average molecular weight is 304 g/mol. The summed E-state index contributed by atoms with van der Waals surface area (Å²) in [6.45, 7) is -0.516. The highest BCUT2D eigenvalue weighted by Gasteiger charge is 2.29. The maximum absolute atomic E-state index is 12.1. The van der Waals surface area contributed by atoms with Crippen LogP contribution in [0.4, 0.5) is 13.8 Å². The van der Waals surface area contributed by atoms with Crippen molar-refractivity contribution >= 4 is 28.2 Å². The standard InChI is InChI=1S/C12H14F2N2O3S/c13-10(14)7(17)5-15-12(19)8-3-4-9(20-8)16-11(18)6-1-2-6/h3-4,6-7,10,17H,1-2,5H2,(H,15,19)(H,16,18). The largest absolute Gasteiger partial charge is 0.385 e. The van der Waals surface area contributed by atoms with E-state index < -0.39 is 25.0 Å². The van der Waals surface area contributed by atoms with E-state index in [0.29, 0.717) is 5.00 Å². The van der Waals surface area contributed by atoms with Crippen LogP contribution in [0.25, 0.3) is 0 Å². The second-order valence-corrected chi connectivity index (χ2v) is 5.62. The number of halogens is 2. The van der Waals surface area contributed by atoms with Crippen LogP contribution in [0.5, 0.6) is 0 Å². The number of hydrogen-bond acceptors (Lipinski definition) is 4. The van der Waals surface area contributed by atoms with Gasteiger partial charge in [-0.1, -0.05) is 0 Å². The van der Waals surface area contributed by atoms with Crippen molar-refractivity contribution < 1.29 is 23.5 Å². The number of amides is 2. The Bertz CT molecular complexity index is 503. The van der Waals surface area contributed by atoms with Gasteiger partial charge in [0.1, 0.15) is 6.10 Å². The number of carbonyl (C=O) groups excluding carboxylic acids is 2. The van der Waals surface area contributed by atoms with Gasteiger partial charge in [0, 0.05) is 12.5 Å². The van der Waals surface area contributed by atoms with Crippen LogP contribution < -0.4 is 10.6 Å². The molecule has 1 saturated carbocycles. The zero-order valence-electron chi connectivity index (χ0n) is 10.4. The van der Waals surface area contributed by atoms with E-state index in [-0.39, 0.29) is 16.7 Å². The van der Waals surface area contributed by atoms with E-state index in [1.54, 1.807) is 6.07 Å². The van der Waals surface area contributed by atoms with Crippen molar-refractivity contribution in [2.24, 2.45) is 5.92 Å². The van der Waals surface area contributed by atoms with Crippen LogP contribution in [0, 0.1) is 5.92 Å². The number of carbonyl (C=O) groups is 2. The van der Waals surface area contributed by atoms with Gasteiger partial charge < -0.3 is 15.7 Å². The van der Waals surface area contributed by atoms with E-state index in [1.807, 2.05) is 0 Å². The van der Waals surface area contributed by atoms with Gasteiger partial charge in [-0.3, -0.25) is 9.59 Å². The minimum atomic E-state index is -2.90. The van der Waals surface area contributed by atoms with Crippen LogP contribution in [-0.4, -0.2) is 36.0 Å². The Morgan fingerprint density at radius 3 is 2.70 bits per heavy atom. The van der Waals surface area contributed by atoms with Crippen LogP contribution in [0.2, 0.25) is 0 Å². The molecule has 2 rings (SSSR count). The Hall–Kier alpha value is -1.54. The molecule has 1 aliphatic carbocycles. The maximum atomic E-state index is 12.1. The van der Waals surface area contributed by atoms with Gasteiger partial charge in [-0.25, -0.2) is 8.78 Å². The first-order valence-electron chi connectivity index (χ1n) is 6.12. The SMILES string of the molecule is O=C(NCC(O)C(F)F)c1ccc(NC(=O)C2CC2)s1. The second-order valence-electron chi connectivity index (χ2n) is 4.54. The summed E-state index contributed by atoms with van der Waals surface area (Å²) >= 11 is 1.06. The van der Waals surface area contributed by atoms with Crippen molar-refractivity contribution in [3.63, 3.8) is 0 Å². The minimum absolute atomic E-state index is 0.0630. The Labute approximate surface area is 118 Å². The van der Waals surface area contributed by atoms with Gasteiger partial charge in [0.2, 0.25) is 5.91 Å². The van der Waals surface area contributed by atoms with Gasteiger partial charge in [0.25, 0.3) is 12.3 Å². The molecule has 0 spiro atoms. The van der Waals surface area contributed by atoms with Crippen molar-refractivity contribution in [2.45, 2.75) is 25.4 Å². The summed E-state index contributed by atoms with van der Waals surface area (Å²) in [7, 11) is 0. The first kappa shape index (κ1) is 14.9. The molecule has 0 aromatic carbocycles. The highest BCUT2D eigenvalue weighted by Crippen LogP contribution is 2.31. The van der Waals surface area contributed by atoms with Crippen molar-refractivity contribution in [1.82, 2.24) is 5.32 Å². The van der Waals surface area contributed by atoms with E-state index in [2.05, 4.69) is 10.6 Å². The van der Waals surface area contributed by atoms with Crippen molar-refractivity contribution in [3.8, 4) is 0 Å². The fraction of sp³-hybridized carbons (Fsp3) is 0.500. The predicted octanol–water partition coefficient (Wildman–Crippen LogP) is 1.45.